The minimum atomic E-state index is -0.150. The lowest BCUT2D eigenvalue weighted by Gasteiger charge is -2.33. The maximum Gasteiger partial charge on any atom is 0.257 e. The zero-order valence-electron chi connectivity index (χ0n) is 13.9. The van der Waals surface area contributed by atoms with E-state index >= 15 is 0 Å². The summed E-state index contributed by atoms with van der Waals surface area (Å²) in [4.78, 5) is 21.4. The average Bonchev–Trinajstić information content (AvgIpc) is 2.58. The molecule has 0 saturated carbocycles. The number of benzene rings is 1. The van der Waals surface area contributed by atoms with Crippen LogP contribution >= 0.6 is 15.9 Å². The maximum atomic E-state index is 12.5. The van der Waals surface area contributed by atoms with Crippen molar-refractivity contribution >= 4 is 33.2 Å². The Morgan fingerprint density at radius 3 is 2.62 bits per heavy atom. The van der Waals surface area contributed by atoms with Crippen LogP contribution < -0.4 is 10.2 Å². The van der Waals surface area contributed by atoms with Crippen LogP contribution in [0.3, 0.4) is 0 Å². The molecular formula is C18H21BrN4O. The topological polar surface area (TPSA) is 48.5 Å². The van der Waals surface area contributed by atoms with Crippen molar-refractivity contribution < 1.29 is 4.79 Å². The average molecular weight is 389 g/mol. The minimum absolute atomic E-state index is 0.150. The number of aryl methyl sites for hydroxylation is 1. The van der Waals surface area contributed by atoms with Crippen molar-refractivity contribution in [1.82, 2.24) is 9.88 Å². The highest BCUT2D eigenvalue weighted by Crippen LogP contribution is 2.24. The number of hydrogen-bond acceptors (Lipinski definition) is 4. The van der Waals surface area contributed by atoms with Crippen molar-refractivity contribution in [2.45, 2.75) is 6.92 Å². The predicted molar refractivity (Wildman–Crippen MR) is 101 cm³/mol. The molecule has 0 radical (unpaired) electrons. The van der Waals surface area contributed by atoms with Gasteiger partial charge in [-0.15, -0.1) is 0 Å². The Labute approximate surface area is 150 Å². The molecule has 1 N–H and O–H groups in total. The number of hydrogen-bond donors (Lipinski definition) is 1. The Morgan fingerprint density at radius 2 is 1.92 bits per heavy atom. The Kier molecular flexibility index (Phi) is 5.16. The van der Waals surface area contributed by atoms with Crippen LogP contribution in [-0.4, -0.2) is 49.0 Å². The summed E-state index contributed by atoms with van der Waals surface area (Å²) >= 11 is 3.49. The van der Waals surface area contributed by atoms with Crippen LogP contribution in [0.4, 0.5) is 11.4 Å². The summed E-state index contributed by atoms with van der Waals surface area (Å²) in [6.07, 6.45) is 3.43. The molecule has 24 heavy (non-hydrogen) atoms. The Morgan fingerprint density at radius 1 is 1.17 bits per heavy atom. The summed E-state index contributed by atoms with van der Waals surface area (Å²) < 4.78 is 0.874. The zero-order chi connectivity index (χ0) is 17.1. The largest absolute Gasteiger partial charge is 0.368 e. The molecule has 0 unspecified atom stereocenters. The molecule has 1 aliphatic rings. The highest BCUT2D eigenvalue weighted by atomic mass is 79.9. The molecule has 1 fully saturated rings. The number of halogens is 1. The number of aromatic nitrogens is 1. The van der Waals surface area contributed by atoms with Crippen LogP contribution in [0.1, 0.15) is 15.9 Å². The van der Waals surface area contributed by atoms with Gasteiger partial charge < -0.3 is 15.1 Å². The van der Waals surface area contributed by atoms with Gasteiger partial charge in [0.15, 0.2) is 0 Å². The summed E-state index contributed by atoms with van der Waals surface area (Å²) in [7, 11) is 2.12. The van der Waals surface area contributed by atoms with Gasteiger partial charge in [-0.2, -0.15) is 0 Å². The molecule has 2 heterocycles. The molecule has 1 amide bonds. The first-order chi connectivity index (χ1) is 11.5. The van der Waals surface area contributed by atoms with Gasteiger partial charge in [-0.05, 0) is 53.7 Å². The van der Waals surface area contributed by atoms with Gasteiger partial charge in [-0.1, -0.05) is 6.07 Å². The molecular weight excluding hydrogens is 368 g/mol. The van der Waals surface area contributed by atoms with Gasteiger partial charge in [0.25, 0.3) is 5.91 Å². The quantitative estimate of drug-likeness (QED) is 0.876. The molecule has 6 heteroatoms. The van der Waals surface area contributed by atoms with E-state index in [1.807, 2.05) is 37.4 Å². The number of nitrogens with zero attached hydrogens (tertiary/aromatic N) is 3. The lowest BCUT2D eigenvalue weighted by molar-refractivity contribution is 0.102. The Bertz CT molecular complexity index is 742. The second-order valence-corrected chi connectivity index (χ2v) is 7.01. The normalized spacial score (nSPS) is 15.4. The number of pyridine rings is 1. The predicted octanol–water partition coefficient (Wildman–Crippen LogP) is 3.16. The first-order valence-electron chi connectivity index (χ1n) is 7.99. The molecule has 1 aliphatic heterocycles. The van der Waals surface area contributed by atoms with E-state index < -0.39 is 0 Å². The van der Waals surface area contributed by atoms with Crippen molar-refractivity contribution in [3.05, 3.63) is 52.3 Å². The third-order valence-electron chi connectivity index (χ3n) is 4.23. The molecule has 0 atom stereocenters. The summed E-state index contributed by atoms with van der Waals surface area (Å²) in [5, 5.41) is 2.94. The van der Waals surface area contributed by atoms with Gasteiger partial charge in [-0.3, -0.25) is 9.78 Å². The fraction of sp³-hybridized carbons (Fsp3) is 0.333. The number of likely N-dealkylation sites (N-methyl/N-ethyl adjacent to an activating group) is 1. The van der Waals surface area contributed by atoms with E-state index in [0.717, 1.165) is 47.6 Å². The van der Waals surface area contributed by atoms with Crippen molar-refractivity contribution in [3.63, 3.8) is 0 Å². The molecule has 1 aromatic carbocycles. The van der Waals surface area contributed by atoms with E-state index in [1.165, 1.54) is 0 Å². The Hall–Kier alpha value is -1.92. The third kappa shape index (κ3) is 3.94. The fourth-order valence-electron chi connectivity index (χ4n) is 2.71. The maximum absolute atomic E-state index is 12.5. The molecule has 126 valence electrons. The summed E-state index contributed by atoms with van der Waals surface area (Å²) in [5.74, 6) is -0.150. The smallest absolute Gasteiger partial charge is 0.257 e. The number of piperazine rings is 1. The number of carbonyl (C=O) groups is 1. The van der Waals surface area contributed by atoms with E-state index in [1.54, 1.807) is 6.20 Å². The zero-order valence-corrected chi connectivity index (χ0v) is 15.5. The van der Waals surface area contributed by atoms with Crippen LogP contribution in [0.5, 0.6) is 0 Å². The number of carbonyl (C=O) groups excluding carboxylic acids is 1. The van der Waals surface area contributed by atoms with Gasteiger partial charge in [-0.25, -0.2) is 0 Å². The summed E-state index contributed by atoms with van der Waals surface area (Å²) in [6, 6.07) is 7.76. The summed E-state index contributed by atoms with van der Waals surface area (Å²) in [5.41, 5.74) is 3.46. The van der Waals surface area contributed by atoms with Crippen LogP contribution in [0.25, 0.3) is 0 Å². The standard InChI is InChI=1S/C18H21BrN4O/c1-13-3-4-17(16(19)9-13)21-18(24)14-10-15(12-20-11-14)23-7-5-22(2)6-8-23/h3-4,9-12H,5-8H2,1-2H3,(H,21,24). The van der Waals surface area contributed by atoms with Gasteiger partial charge in [0, 0.05) is 36.8 Å². The molecule has 1 aromatic heterocycles. The third-order valence-corrected chi connectivity index (χ3v) is 4.88. The first-order valence-corrected chi connectivity index (χ1v) is 8.78. The molecule has 2 aromatic rings. The van der Waals surface area contributed by atoms with E-state index in [0.29, 0.717) is 5.56 Å². The van der Waals surface area contributed by atoms with Crippen molar-refractivity contribution in [1.29, 1.82) is 0 Å². The lowest BCUT2D eigenvalue weighted by Crippen LogP contribution is -2.44. The first kappa shape index (κ1) is 16.9. The number of nitrogens with one attached hydrogen (secondary N) is 1. The lowest BCUT2D eigenvalue weighted by atomic mass is 10.2. The molecule has 0 spiro atoms. The molecule has 1 saturated heterocycles. The van der Waals surface area contributed by atoms with E-state index in [9.17, 15) is 4.79 Å². The second kappa shape index (κ2) is 7.32. The van der Waals surface area contributed by atoms with Crippen LogP contribution in [0.15, 0.2) is 41.1 Å². The van der Waals surface area contributed by atoms with Crippen molar-refractivity contribution in [2.24, 2.45) is 0 Å². The molecule has 0 aliphatic carbocycles. The van der Waals surface area contributed by atoms with Crippen LogP contribution in [-0.2, 0) is 0 Å². The highest BCUT2D eigenvalue weighted by molar-refractivity contribution is 9.10. The highest BCUT2D eigenvalue weighted by Gasteiger charge is 2.16. The minimum Gasteiger partial charge on any atom is -0.368 e. The molecule has 0 bridgehead atoms. The number of anilines is 2. The van der Waals surface area contributed by atoms with Crippen molar-refractivity contribution in [3.8, 4) is 0 Å². The fourth-order valence-corrected chi connectivity index (χ4v) is 3.30. The number of rotatable bonds is 3. The van der Waals surface area contributed by atoms with Gasteiger partial charge in [0.1, 0.15) is 0 Å². The van der Waals surface area contributed by atoms with E-state index in [4.69, 9.17) is 0 Å². The van der Waals surface area contributed by atoms with Crippen LogP contribution in [0.2, 0.25) is 0 Å². The van der Waals surface area contributed by atoms with Crippen LogP contribution in [0, 0.1) is 6.92 Å². The van der Waals surface area contributed by atoms with E-state index in [-0.39, 0.29) is 5.91 Å². The van der Waals surface area contributed by atoms with Crippen molar-refractivity contribution in [2.75, 3.05) is 43.4 Å². The molecule has 3 rings (SSSR count). The molecule has 5 nitrogen and oxygen atoms in total. The number of amides is 1. The van der Waals surface area contributed by atoms with E-state index in [2.05, 4.69) is 43.1 Å². The van der Waals surface area contributed by atoms with Gasteiger partial charge >= 0.3 is 0 Å². The summed E-state index contributed by atoms with van der Waals surface area (Å²) in [6.45, 7) is 5.96. The van der Waals surface area contributed by atoms with Gasteiger partial charge in [0.2, 0.25) is 0 Å². The van der Waals surface area contributed by atoms with Gasteiger partial charge in [0.05, 0.1) is 23.1 Å². The SMILES string of the molecule is Cc1ccc(NC(=O)c2cncc(N3CCN(C)CC3)c2)c(Br)c1. The second-order valence-electron chi connectivity index (χ2n) is 6.16. The Balaban J connectivity index is 1.74. The monoisotopic (exact) mass is 388 g/mol.